The number of hydrogen-bond acceptors (Lipinski definition) is 3. The van der Waals surface area contributed by atoms with E-state index in [0.717, 1.165) is 30.6 Å². The zero-order chi connectivity index (χ0) is 13.8. The van der Waals surface area contributed by atoms with E-state index in [0.29, 0.717) is 24.9 Å². The summed E-state index contributed by atoms with van der Waals surface area (Å²) in [7, 11) is 0. The Hall–Kier alpha value is -1.68. The molecule has 1 aliphatic rings. The Morgan fingerprint density at radius 3 is 2.84 bits per heavy atom. The maximum atomic E-state index is 12.0. The number of amides is 1. The van der Waals surface area contributed by atoms with E-state index in [9.17, 15) is 9.59 Å². The molecule has 1 aliphatic heterocycles. The first kappa shape index (κ1) is 13.7. The molecule has 1 aromatic carbocycles. The number of ketones is 1. The maximum Gasteiger partial charge on any atom is 0.223 e. The Balaban J connectivity index is 2.28. The molecule has 0 unspecified atom stereocenters. The van der Waals surface area contributed by atoms with E-state index in [1.807, 2.05) is 18.2 Å². The largest absolute Gasteiger partial charge is 0.330 e. The summed E-state index contributed by atoms with van der Waals surface area (Å²) in [5, 5.41) is 0. The van der Waals surface area contributed by atoms with E-state index in [2.05, 4.69) is 0 Å². The van der Waals surface area contributed by atoms with Crippen molar-refractivity contribution in [1.82, 2.24) is 0 Å². The second-order valence-electron chi connectivity index (χ2n) is 4.93. The monoisotopic (exact) mass is 260 g/mol. The number of anilines is 1. The van der Waals surface area contributed by atoms with Gasteiger partial charge in [-0.1, -0.05) is 12.1 Å². The van der Waals surface area contributed by atoms with E-state index in [-0.39, 0.29) is 11.7 Å². The van der Waals surface area contributed by atoms with Crippen molar-refractivity contribution < 1.29 is 9.59 Å². The number of carbonyl (C=O) groups excluding carboxylic acids is 2. The molecular weight excluding hydrogens is 240 g/mol. The van der Waals surface area contributed by atoms with Crippen LogP contribution in [0.15, 0.2) is 18.2 Å². The summed E-state index contributed by atoms with van der Waals surface area (Å²) in [5.41, 5.74) is 8.15. The Labute approximate surface area is 113 Å². The van der Waals surface area contributed by atoms with Gasteiger partial charge in [-0.2, -0.15) is 0 Å². The van der Waals surface area contributed by atoms with Gasteiger partial charge in [-0.15, -0.1) is 0 Å². The summed E-state index contributed by atoms with van der Waals surface area (Å²) in [4.78, 5) is 25.4. The first-order valence-corrected chi connectivity index (χ1v) is 6.78. The molecule has 4 heteroatoms. The van der Waals surface area contributed by atoms with Crippen LogP contribution in [0, 0.1) is 0 Å². The van der Waals surface area contributed by atoms with Gasteiger partial charge >= 0.3 is 0 Å². The van der Waals surface area contributed by atoms with Gasteiger partial charge in [0.25, 0.3) is 0 Å². The van der Waals surface area contributed by atoms with Crippen LogP contribution < -0.4 is 10.6 Å². The fourth-order valence-electron chi connectivity index (χ4n) is 2.48. The first-order valence-electron chi connectivity index (χ1n) is 6.78. The molecule has 0 spiro atoms. The molecule has 0 saturated carbocycles. The third-order valence-corrected chi connectivity index (χ3v) is 3.51. The summed E-state index contributed by atoms with van der Waals surface area (Å²) < 4.78 is 0. The van der Waals surface area contributed by atoms with Crippen molar-refractivity contribution >= 4 is 17.4 Å². The van der Waals surface area contributed by atoms with Gasteiger partial charge in [-0.05, 0) is 37.4 Å². The van der Waals surface area contributed by atoms with E-state index in [1.54, 1.807) is 11.8 Å². The van der Waals surface area contributed by atoms with Crippen LogP contribution >= 0.6 is 0 Å². The minimum absolute atomic E-state index is 0.0347. The first-order chi connectivity index (χ1) is 9.13. The van der Waals surface area contributed by atoms with Crippen LogP contribution in [0.25, 0.3) is 0 Å². The molecule has 0 radical (unpaired) electrons. The van der Waals surface area contributed by atoms with Gasteiger partial charge in [0.15, 0.2) is 5.78 Å². The number of nitrogens with zero attached hydrogens (tertiary/aromatic N) is 1. The van der Waals surface area contributed by atoms with E-state index in [4.69, 9.17) is 5.73 Å². The topological polar surface area (TPSA) is 63.4 Å². The van der Waals surface area contributed by atoms with Gasteiger partial charge in [0, 0.05) is 31.1 Å². The highest BCUT2D eigenvalue weighted by atomic mass is 16.2. The molecule has 0 aliphatic carbocycles. The Kier molecular flexibility index (Phi) is 4.32. The smallest absolute Gasteiger partial charge is 0.223 e. The Bertz CT molecular complexity index is 497. The van der Waals surface area contributed by atoms with E-state index in [1.165, 1.54) is 0 Å². The third kappa shape index (κ3) is 3.01. The SMILES string of the molecule is CC(=O)N1CCCc2ccc(C(=O)CCCN)cc21. The lowest BCUT2D eigenvalue weighted by atomic mass is 9.97. The molecule has 1 heterocycles. The van der Waals surface area contributed by atoms with E-state index >= 15 is 0 Å². The normalized spacial score (nSPS) is 14.1. The highest BCUT2D eigenvalue weighted by Gasteiger charge is 2.21. The predicted molar refractivity (Wildman–Crippen MR) is 75.4 cm³/mol. The molecule has 19 heavy (non-hydrogen) atoms. The fraction of sp³-hybridized carbons (Fsp3) is 0.467. The number of fused-ring (bicyclic) bond motifs is 1. The summed E-state index contributed by atoms with van der Waals surface area (Å²) >= 11 is 0. The standard InChI is InChI=1S/C15H20N2O2/c1-11(18)17-9-3-4-12-6-7-13(10-14(12)17)15(19)5-2-8-16/h6-7,10H,2-5,8-9,16H2,1H3. The number of aryl methyl sites for hydroxylation is 1. The highest BCUT2D eigenvalue weighted by Crippen LogP contribution is 2.28. The molecular formula is C15H20N2O2. The number of carbonyl (C=O) groups is 2. The number of Topliss-reactive ketones (excluding diaryl/α,β-unsaturated/α-hetero) is 1. The van der Waals surface area contributed by atoms with E-state index < -0.39 is 0 Å². The molecule has 2 rings (SSSR count). The van der Waals surface area contributed by atoms with Crippen molar-refractivity contribution in [2.24, 2.45) is 5.73 Å². The lowest BCUT2D eigenvalue weighted by Gasteiger charge is -2.29. The van der Waals surface area contributed by atoms with Crippen molar-refractivity contribution in [2.75, 3.05) is 18.0 Å². The number of hydrogen-bond donors (Lipinski definition) is 1. The van der Waals surface area contributed by atoms with Crippen molar-refractivity contribution in [1.29, 1.82) is 0 Å². The third-order valence-electron chi connectivity index (χ3n) is 3.51. The van der Waals surface area contributed by atoms with Crippen LogP contribution in [0.2, 0.25) is 0 Å². The van der Waals surface area contributed by atoms with Gasteiger partial charge in [0.1, 0.15) is 0 Å². The summed E-state index contributed by atoms with van der Waals surface area (Å²) in [6, 6.07) is 5.69. The van der Waals surface area contributed by atoms with Gasteiger partial charge < -0.3 is 10.6 Å². The lowest BCUT2D eigenvalue weighted by molar-refractivity contribution is -0.116. The molecule has 2 N–H and O–H groups in total. The minimum atomic E-state index is 0.0347. The molecule has 0 saturated heterocycles. The number of rotatable bonds is 4. The van der Waals surface area contributed by atoms with Crippen molar-refractivity contribution in [3.63, 3.8) is 0 Å². The molecule has 1 amide bonds. The average Bonchev–Trinajstić information content (AvgIpc) is 2.43. The van der Waals surface area contributed by atoms with Crippen LogP contribution in [-0.4, -0.2) is 24.8 Å². The summed E-state index contributed by atoms with van der Waals surface area (Å²) in [6.07, 6.45) is 3.12. The Morgan fingerprint density at radius 2 is 2.16 bits per heavy atom. The highest BCUT2D eigenvalue weighted by molar-refractivity contribution is 5.99. The van der Waals surface area contributed by atoms with Gasteiger partial charge in [0.2, 0.25) is 5.91 Å². The summed E-state index contributed by atoms with van der Waals surface area (Å²) in [6.45, 7) is 2.83. The van der Waals surface area contributed by atoms with Crippen molar-refractivity contribution in [3.8, 4) is 0 Å². The average molecular weight is 260 g/mol. The second kappa shape index (κ2) is 5.97. The number of benzene rings is 1. The zero-order valence-corrected chi connectivity index (χ0v) is 11.3. The molecule has 0 atom stereocenters. The molecule has 102 valence electrons. The lowest BCUT2D eigenvalue weighted by Crippen LogP contribution is -2.33. The van der Waals surface area contributed by atoms with Crippen LogP contribution in [0.1, 0.15) is 42.1 Å². The van der Waals surface area contributed by atoms with Gasteiger partial charge in [0.05, 0.1) is 0 Å². The zero-order valence-electron chi connectivity index (χ0n) is 11.3. The van der Waals surface area contributed by atoms with Crippen LogP contribution in [0.3, 0.4) is 0 Å². The van der Waals surface area contributed by atoms with Crippen LogP contribution in [0.5, 0.6) is 0 Å². The van der Waals surface area contributed by atoms with Gasteiger partial charge in [-0.25, -0.2) is 0 Å². The molecule has 4 nitrogen and oxygen atoms in total. The quantitative estimate of drug-likeness (QED) is 0.841. The molecule has 0 bridgehead atoms. The summed E-state index contributed by atoms with van der Waals surface area (Å²) in [5.74, 6) is 0.134. The van der Waals surface area contributed by atoms with Crippen LogP contribution in [-0.2, 0) is 11.2 Å². The molecule has 0 aromatic heterocycles. The van der Waals surface area contributed by atoms with Gasteiger partial charge in [-0.3, -0.25) is 9.59 Å². The predicted octanol–water partition coefficient (Wildman–Crippen LogP) is 1.91. The van der Waals surface area contributed by atoms with Crippen LogP contribution in [0.4, 0.5) is 5.69 Å². The minimum Gasteiger partial charge on any atom is -0.330 e. The van der Waals surface area contributed by atoms with Crippen molar-refractivity contribution in [2.45, 2.75) is 32.6 Å². The second-order valence-corrected chi connectivity index (χ2v) is 4.93. The fourth-order valence-corrected chi connectivity index (χ4v) is 2.48. The Morgan fingerprint density at radius 1 is 1.37 bits per heavy atom. The number of nitrogens with two attached hydrogens (primary N) is 1. The maximum absolute atomic E-state index is 12.0. The molecule has 1 aromatic rings. The molecule has 0 fully saturated rings. The van der Waals surface area contributed by atoms with Crippen molar-refractivity contribution in [3.05, 3.63) is 29.3 Å².